The van der Waals surface area contributed by atoms with Gasteiger partial charge < -0.3 is 67.2 Å². The van der Waals surface area contributed by atoms with Crippen LogP contribution in [0.2, 0.25) is 0 Å². The Morgan fingerprint density at radius 3 is 1.47 bits per heavy atom. The Balaban J connectivity index is 0.000000185. The number of aliphatic hydroxyl groups excluding tert-OH is 1. The van der Waals surface area contributed by atoms with Gasteiger partial charge in [-0.15, -0.1) is 0 Å². The second-order valence-corrected chi connectivity index (χ2v) is 27.3. The van der Waals surface area contributed by atoms with Crippen molar-refractivity contribution in [2.24, 2.45) is 0 Å². The highest BCUT2D eigenvalue weighted by molar-refractivity contribution is 6.10. The summed E-state index contributed by atoms with van der Waals surface area (Å²) >= 11 is 0. The van der Waals surface area contributed by atoms with Crippen molar-refractivity contribution in [2.75, 3.05) is 76.6 Å². The number of benzene rings is 8. The summed E-state index contributed by atoms with van der Waals surface area (Å²) in [6.45, 7) is 13.1. The number of carbonyl (C=O) groups is 2. The van der Waals surface area contributed by atoms with Crippen LogP contribution < -0.4 is 42.6 Å². The van der Waals surface area contributed by atoms with Crippen LogP contribution in [0.5, 0.6) is 57.5 Å². The standard InChI is InChI=1S/C43H46N2O8.C41H45N3O7/c1-8-19-52-39-26(3)40(49-6)41(50-7)33-31(24-51-22-27-15-11-9-12-16-27)45-36(37(46)34(33)39)35-32-29(21-30(43(45)47)44(35)4)20-25(2)38(48-5)42(32)53-23-28-17-13-10-14-18-28;1-23-17-27-18-28-29(19-42)44-30(22-50-20-25-13-9-7-10-14-25)32-33(36(45)24(2)39(48-5)40(32)49-6)37(46)35(44)34(43(28)3)31(27)41(38(23)47-4)51-21-26-15-11-8-12-16-26/h8-18,20,30-31,35-36H,1,19,21-24H2,2-7H3;7-17,28-30,34-35,37,45-46H,18,20-22H2,1-6H3/t30-,31-,35+,36-;28-,29-,30-,34+,35-,37?/m00/s1. The first-order valence-corrected chi connectivity index (χ1v) is 35.1. The molecule has 2 N–H and O–H groups in total. The summed E-state index contributed by atoms with van der Waals surface area (Å²) in [6.07, 6.45) is 1.41. The number of fused-ring (bicyclic) bond motifs is 14. The Kier molecular flexibility index (Phi) is 21.3. The van der Waals surface area contributed by atoms with Gasteiger partial charge in [0.25, 0.3) is 0 Å². The number of phenols is 1. The van der Waals surface area contributed by atoms with Crippen molar-refractivity contribution in [1.29, 1.82) is 5.26 Å². The van der Waals surface area contributed by atoms with Gasteiger partial charge >= 0.3 is 0 Å². The van der Waals surface area contributed by atoms with Crippen molar-refractivity contribution >= 4 is 11.7 Å². The molecule has 542 valence electrons. The van der Waals surface area contributed by atoms with E-state index in [9.17, 15) is 20.3 Å². The molecule has 6 heterocycles. The third kappa shape index (κ3) is 12.6. The topological polar surface area (TPSA) is 213 Å². The lowest BCUT2D eigenvalue weighted by atomic mass is 9.70. The first-order chi connectivity index (χ1) is 50.5. The maximum Gasteiger partial charge on any atom is 0.241 e. The number of carbonyl (C=O) groups excluding carboxylic acids is 2. The van der Waals surface area contributed by atoms with Crippen molar-refractivity contribution in [3.63, 3.8) is 0 Å². The number of ether oxygens (including phenoxy) is 11. The minimum absolute atomic E-state index is 0.0702. The average Bonchev–Trinajstić information content (AvgIpc) is 0.698. The maximum absolute atomic E-state index is 15.5. The molecule has 20 heteroatoms. The number of rotatable bonds is 23. The SMILES string of the molecule is C=CCOc1c(C)c(OC)c(OC)c2c1C(=O)[C@@H]1[C@H]3c4c(cc(C)c(OC)c4OCc4ccccc4)C[C@@H](C(=O)N1[C@H]2COCc1ccccc1)N3C.COc1c(C)cc2c(c1OCc1ccccc1)[C@@H]1[C@H]3C(O)c4c(O)c(C)c(OC)c(OC)c4[C@H](COCc4ccccc4)N3[C@@H](C#N)[C@H](C2)N1C. The molecule has 6 aliphatic rings. The van der Waals surface area contributed by atoms with Gasteiger partial charge in [0.1, 0.15) is 49.5 Å². The molecule has 2 saturated heterocycles. The molecule has 2 fully saturated rings. The van der Waals surface area contributed by atoms with Gasteiger partial charge in [0.2, 0.25) is 5.91 Å². The monoisotopic (exact) mass is 1410 g/mol. The summed E-state index contributed by atoms with van der Waals surface area (Å²) in [5.41, 5.74) is 12.4. The first-order valence-electron chi connectivity index (χ1n) is 35.1. The van der Waals surface area contributed by atoms with Gasteiger partial charge in [0.05, 0.1) is 117 Å². The van der Waals surface area contributed by atoms with Crippen molar-refractivity contribution < 1.29 is 71.9 Å². The molecule has 10 atom stereocenters. The fourth-order valence-electron chi connectivity index (χ4n) is 17.1. The third-order valence-electron chi connectivity index (χ3n) is 21.7. The Morgan fingerprint density at radius 2 is 0.981 bits per heavy atom. The van der Waals surface area contributed by atoms with Crippen LogP contribution in [0.15, 0.2) is 146 Å². The van der Waals surface area contributed by atoms with E-state index in [0.717, 1.165) is 55.6 Å². The molecule has 8 aromatic rings. The minimum Gasteiger partial charge on any atom is -0.507 e. The van der Waals surface area contributed by atoms with Crippen LogP contribution in [0.4, 0.5) is 0 Å². The summed E-state index contributed by atoms with van der Waals surface area (Å²) in [6, 6.07) is 41.1. The number of Topliss-reactive ketones (excluding diaryl/α,β-unsaturated/α-hetero) is 1. The molecule has 1 amide bonds. The molecular weight excluding hydrogens is 1320 g/mol. The van der Waals surface area contributed by atoms with Crippen LogP contribution in [0.1, 0.15) is 124 Å². The fraction of sp³-hybridized carbons (Fsp3) is 0.369. The summed E-state index contributed by atoms with van der Waals surface area (Å²) < 4.78 is 68.3. The second kappa shape index (κ2) is 30.7. The zero-order valence-electron chi connectivity index (χ0n) is 61.1. The number of nitrogens with zero attached hydrogens (tertiary/aromatic N) is 5. The smallest absolute Gasteiger partial charge is 0.241 e. The van der Waals surface area contributed by atoms with E-state index in [1.54, 1.807) is 53.4 Å². The van der Waals surface area contributed by atoms with Crippen LogP contribution in [0.25, 0.3) is 0 Å². The number of hydrogen-bond acceptors (Lipinski definition) is 19. The maximum atomic E-state index is 15.5. The zero-order chi connectivity index (χ0) is 73.4. The minimum atomic E-state index is -1.23. The quantitative estimate of drug-likeness (QED) is 0.0570. The van der Waals surface area contributed by atoms with Crippen molar-refractivity contribution in [3.05, 3.63) is 235 Å². The lowest BCUT2D eigenvalue weighted by molar-refractivity contribution is -0.156. The molecule has 1 unspecified atom stereocenters. The fourth-order valence-corrected chi connectivity index (χ4v) is 17.1. The van der Waals surface area contributed by atoms with Gasteiger partial charge in [-0.05, 0) is 99.1 Å². The van der Waals surface area contributed by atoms with Crippen LogP contribution in [0.3, 0.4) is 0 Å². The molecule has 0 aliphatic carbocycles. The highest BCUT2D eigenvalue weighted by atomic mass is 16.5. The Bertz CT molecular complexity index is 4550. The third-order valence-corrected chi connectivity index (χ3v) is 21.7. The molecule has 0 aromatic heterocycles. The van der Waals surface area contributed by atoms with Gasteiger partial charge in [-0.3, -0.25) is 24.3 Å². The van der Waals surface area contributed by atoms with Gasteiger partial charge in [-0.25, -0.2) is 0 Å². The van der Waals surface area contributed by atoms with Gasteiger partial charge in [0, 0.05) is 45.0 Å². The number of hydrogen-bond donors (Lipinski definition) is 2. The van der Waals surface area contributed by atoms with E-state index in [-0.39, 0.29) is 43.3 Å². The number of likely N-dealkylation sites (N-methyl/N-ethyl adjacent to an activating group) is 2. The van der Waals surface area contributed by atoms with Crippen LogP contribution >= 0.6 is 0 Å². The Morgan fingerprint density at radius 1 is 0.519 bits per heavy atom. The highest BCUT2D eigenvalue weighted by Gasteiger charge is 2.62. The van der Waals surface area contributed by atoms with Crippen molar-refractivity contribution in [2.45, 2.75) is 127 Å². The molecule has 0 saturated carbocycles. The number of aromatic hydroxyl groups is 1. The molecule has 8 aromatic carbocycles. The van der Waals surface area contributed by atoms with E-state index in [2.05, 4.69) is 34.6 Å². The lowest BCUT2D eigenvalue weighted by Crippen LogP contribution is -2.69. The largest absolute Gasteiger partial charge is 0.507 e. The van der Waals surface area contributed by atoms with Crippen molar-refractivity contribution in [1.82, 2.24) is 19.6 Å². The first kappa shape index (κ1) is 72.3. The normalized spacial score (nSPS) is 21.9. The molecule has 0 radical (unpaired) electrons. The van der Waals surface area contributed by atoms with E-state index >= 15 is 4.79 Å². The molecule has 104 heavy (non-hydrogen) atoms. The summed E-state index contributed by atoms with van der Waals surface area (Å²) in [5, 5.41) is 35.5. The van der Waals surface area contributed by atoms with Gasteiger partial charge in [-0.1, -0.05) is 146 Å². The summed E-state index contributed by atoms with van der Waals surface area (Å²) in [4.78, 5) is 38.5. The number of aryl methyl sites for hydroxylation is 2. The van der Waals surface area contributed by atoms with E-state index in [0.29, 0.717) is 124 Å². The second-order valence-electron chi connectivity index (χ2n) is 27.3. The number of piperazine rings is 2. The number of amides is 1. The van der Waals surface area contributed by atoms with E-state index in [1.807, 2.05) is 161 Å². The summed E-state index contributed by atoms with van der Waals surface area (Å²) in [7, 11) is 13.4. The van der Waals surface area contributed by atoms with Crippen LogP contribution in [-0.2, 0) is 53.5 Å². The molecule has 14 rings (SSSR count). The van der Waals surface area contributed by atoms with E-state index in [4.69, 9.17) is 52.1 Å². The average molecular weight is 1410 g/mol. The lowest BCUT2D eigenvalue weighted by Gasteiger charge is -2.61. The summed E-state index contributed by atoms with van der Waals surface area (Å²) in [5.74, 6) is 3.84. The molecule has 0 spiro atoms. The zero-order valence-corrected chi connectivity index (χ0v) is 61.1. The molecule has 4 bridgehead atoms. The van der Waals surface area contributed by atoms with Gasteiger partial charge in [0.15, 0.2) is 51.8 Å². The number of phenolic OH excluding ortho intramolecular Hbond substituents is 1. The molecular formula is C84H91N5O15. The molecule has 20 nitrogen and oxygen atoms in total. The number of aliphatic hydroxyl groups is 1. The van der Waals surface area contributed by atoms with E-state index in [1.165, 1.54) is 7.11 Å². The number of ketones is 1. The van der Waals surface area contributed by atoms with Crippen molar-refractivity contribution in [3.8, 4) is 63.6 Å². The predicted molar refractivity (Wildman–Crippen MR) is 392 cm³/mol. The van der Waals surface area contributed by atoms with Crippen LogP contribution in [-0.4, -0.2) is 148 Å². The Hall–Kier alpha value is -10.1. The number of methoxy groups -OCH3 is 6. The van der Waals surface area contributed by atoms with Crippen LogP contribution in [0, 0.1) is 39.0 Å². The Labute approximate surface area is 608 Å². The number of nitriles is 1. The molecule has 6 aliphatic heterocycles. The predicted octanol–water partition coefficient (Wildman–Crippen LogP) is 12.8. The van der Waals surface area contributed by atoms with E-state index < -0.39 is 54.4 Å². The van der Waals surface area contributed by atoms with Gasteiger partial charge in [-0.2, -0.15) is 5.26 Å². The highest BCUT2D eigenvalue weighted by Crippen LogP contribution is 2.62.